The number of nitrogens with two attached hydrogens (primary N) is 1. The lowest BCUT2D eigenvalue weighted by molar-refractivity contribution is -0.136. The average molecular weight is 243 g/mol. The minimum Gasteiger partial charge on any atom is -0.399 e. The summed E-state index contributed by atoms with van der Waals surface area (Å²) in [5.74, 6) is 1.49. The van der Waals surface area contributed by atoms with Crippen LogP contribution in [0.1, 0.15) is 44.1 Å². The van der Waals surface area contributed by atoms with Gasteiger partial charge in [-0.1, -0.05) is 12.1 Å². The third-order valence-corrected chi connectivity index (χ3v) is 5.55. The molecule has 4 fully saturated rings. The van der Waals surface area contributed by atoms with Crippen molar-refractivity contribution in [3.63, 3.8) is 0 Å². The molecule has 0 spiro atoms. The SMILES string of the molecule is Nc1ccc(C23C[C@@H]4C[C@@H](CC(O)(C4)C2)C3)cc1. The molecule has 0 radical (unpaired) electrons. The zero-order valence-electron chi connectivity index (χ0n) is 10.7. The van der Waals surface area contributed by atoms with Crippen LogP contribution in [0.3, 0.4) is 0 Å². The predicted molar refractivity (Wildman–Crippen MR) is 72.2 cm³/mol. The summed E-state index contributed by atoms with van der Waals surface area (Å²) in [6.45, 7) is 0. The topological polar surface area (TPSA) is 46.2 Å². The van der Waals surface area contributed by atoms with Crippen molar-refractivity contribution in [3.05, 3.63) is 29.8 Å². The molecule has 1 aromatic rings. The largest absolute Gasteiger partial charge is 0.399 e. The molecule has 3 N–H and O–H groups in total. The maximum Gasteiger partial charge on any atom is 0.0661 e. The molecule has 5 rings (SSSR count). The lowest BCUT2D eigenvalue weighted by Crippen LogP contribution is -2.57. The first-order valence-electron chi connectivity index (χ1n) is 7.15. The molecule has 0 aromatic heterocycles. The molecule has 4 aliphatic carbocycles. The lowest BCUT2D eigenvalue weighted by atomic mass is 9.46. The molecule has 4 atom stereocenters. The highest BCUT2D eigenvalue weighted by atomic mass is 16.3. The van der Waals surface area contributed by atoms with Gasteiger partial charge in [0.25, 0.3) is 0 Å². The standard InChI is InChI=1S/C16H21NO/c17-14-3-1-13(2-4-14)15-6-11-5-12(7-15)9-16(18,8-11)10-15/h1-4,11-12,18H,5-10,17H2/t11-,12+,15?,16?. The van der Waals surface area contributed by atoms with Crippen LogP contribution in [0.25, 0.3) is 0 Å². The maximum absolute atomic E-state index is 10.8. The third-order valence-electron chi connectivity index (χ3n) is 5.55. The monoisotopic (exact) mass is 243 g/mol. The smallest absolute Gasteiger partial charge is 0.0661 e. The third kappa shape index (κ3) is 1.45. The minimum atomic E-state index is -0.370. The molecule has 0 heterocycles. The predicted octanol–water partition coefficient (Wildman–Crippen LogP) is 2.85. The second-order valence-electron chi connectivity index (χ2n) is 7.09. The zero-order chi connectivity index (χ0) is 12.4. The van der Waals surface area contributed by atoms with Crippen molar-refractivity contribution in [2.24, 2.45) is 11.8 Å². The number of hydrogen-bond donors (Lipinski definition) is 2. The van der Waals surface area contributed by atoms with E-state index in [1.807, 2.05) is 12.1 Å². The Morgan fingerprint density at radius 1 is 1.00 bits per heavy atom. The Morgan fingerprint density at radius 2 is 1.61 bits per heavy atom. The Labute approximate surface area is 108 Å². The van der Waals surface area contributed by atoms with Crippen LogP contribution in [0.2, 0.25) is 0 Å². The van der Waals surface area contributed by atoms with Crippen molar-refractivity contribution in [1.29, 1.82) is 0 Å². The summed E-state index contributed by atoms with van der Waals surface area (Å²) in [5.41, 5.74) is 7.91. The van der Waals surface area contributed by atoms with Crippen molar-refractivity contribution in [2.45, 2.75) is 49.5 Å². The lowest BCUT2D eigenvalue weighted by Gasteiger charge is -2.60. The highest BCUT2D eigenvalue weighted by Crippen LogP contribution is 2.62. The number of rotatable bonds is 1. The Hall–Kier alpha value is -1.02. The van der Waals surface area contributed by atoms with E-state index in [9.17, 15) is 5.11 Å². The normalized spacial score (nSPS) is 45.4. The Morgan fingerprint density at radius 3 is 2.17 bits per heavy atom. The van der Waals surface area contributed by atoms with Gasteiger partial charge in [0, 0.05) is 5.69 Å². The first-order chi connectivity index (χ1) is 8.57. The van der Waals surface area contributed by atoms with Gasteiger partial charge in [0.2, 0.25) is 0 Å². The molecule has 0 saturated heterocycles. The van der Waals surface area contributed by atoms with Gasteiger partial charge in [-0.2, -0.15) is 0 Å². The van der Waals surface area contributed by atoms with E-state index in [1.54, 1.807) is 0 Å². The highest BCUT2D eigenvalue weighted by Gasteiger charge is 2.57. The molecule has 96 valence electrons. The summed E-state index contributed by atoms with van der Waals surface area (Å²) in [6.07, 6.45) is 6.95. The first-order valence-corrected chi connectivity index (χ1v) is 7.15. The Kier molecular flexibility index (Phi) is 1.99. The summed E-state index contributed by atoms with van der Waals surface area (Å²) in [6, 6.07) is 8.40. The van der Waals surface area contributed by atoms with E-state index < -0.39 is 0 Å². The molecule has 2 unspecified atom stereocenters. The second-order valence-corrected chi connectivity index (χ2v) is 7.09. The van der Waals surface area contributed by atoms with Crippen LogP contribution in [-0.4, -0.2) is 10.7 Å². The van der Waals surface area contributed by atoms with Crippen molar-refractivity contribution in [1.82, 2.24) is 0 Å². The summed E-state index contributed by atoms with van der Waals surface area (Å²) in [5, 5.41) is 10.8. The Bertz CT molecular complexity index is 464. The minimum absolute atomic E-state index is 0.243. The fourth-order valence-electron chi connectivity index (χ4n) is 5.39. The van der Waals surface area contributed by atoms with E-state index in [1.165, 1.54) is 24.8 Å². The molecule has 2 heteroatoms. The summed E-state index contributed by atoms with van der Waals surface area (Å²) in [7, 11) is 0. The van der Waals surface area contributed by atoms with Crippen LogP contribution in [0.5, 0.6) is 0 Å². The molecule has 0 aliphatic heterocycles. The summed E-state index contributed by atoms with van der Waals surface area (Å²) in [4.78, 5) is 0. The number of anilines is 1. The van der Waals surface area contributed by atoms with Crippen molar-refractivity contribution >= 4 is 5.69 Å². The van der Waals surface area contributed by atoms with E-state index in [4.69, 9.17) is 5.73 Å². The fraction of sp³-hybridized carbons (Fsp3) is 0.625. The molecule has 4 bridgehead atoms. The number of nitrogen functional groups attached to an aromatic ring is 1. The van der Waals surface area contributed by atoms with Gasteiger partial charge >= 0.3 is 0 Å². The zero-order valence-corrected chi connectivity index (χ0v) is 10.7. The van der Waals surface area contributed by atoms with Gasteiger partial charge in [-0.3, -0.25) is 0 Å². The molecule has 0 amide bonds. The van der Waals surface area contributed by atoms with E-state index >= 15 is 0 Å². The molecule has 4 aliphatic rings. The number of aliphatic hydroxyl groups is 1. The van der Waals surface area contributed by atoms with Crippen LogP contribution in [0, 0.1) is 11.8 Å². The van der Waals surface area contributed by atoms with Gasteiger partial charge < -0.3 is 10.8 Å². The second kappa shape index (κ2) is 3.30. The Balaban J connectivity index is 1.77. The molecule has 2 nitrogen and oxygen atoms in total. The average Bonchev–Trinajstić information content (AvgIpc) is 2.26. The molecule has 18 heavy (non-hydrogen) atoms. The van der Waals surface area contributed by atoms with E-state index in [0.717, 1.165) is 36.8 Å². The quantitative estimate of drug-likeness (QED) is 0.745. The summed E-state index contributed by atoms with van der Waals surface area (Å²) < 4.78 is 0. The van der Waals surface area contributed by atoms with Crippen LogP contribution in [0.4, 0.5) is 5.69 Å². The van der Waals surface area contributed by atoms with Gasteiger partial charge in [0.15, 0.2) is 0 Å². The summed E-state index contributed by atoms with van der Waals surface area (Å²) >= 11 is 0. The van der Waals surface area contributed by atoms with E-state index in [0.29, 0.717) is 0 Å². The van der Waals surface area contributed by atoms with Crippen LogP contribution < -0.4 is 5.73 Å². The molecular weight excluding hydrogens is 222 g/mol. The molecule has 4 saturated carbocycles. The van der Waals surface area contributed by atoms with Crippen LogP contribution in [-0.2, 0) is 5.41 Å². The van der Waals surface area contributed by atoms with Crippen LogP contribution >= 0.6 is 0 Å². The van der Waals surface area contributed by atoms with Gasteiger partial charge in [-0.15, -0.1) is 0 Å². The van der Waals surface area contributed by atoms with Gasteiger partial charge in [-0.05, 0) is 73.5 Å². The van der Waals surface area contributed by atoms with Gasteiger partial charge in [0.05, 0.1) is 5.60 Å². The number of benzene rings is 1. The highest BCUT2D eigenvalue weighted by molar-refractivity contribution is 5.42. The van der Waals surface area contributed by atoms with Crippen molar-refractivity contribution in [3.8, 4) is 0 Å². The van der Waals surface area contributed by atoms with Gasteiger partial charge in [-0.25, -0.2) is 0 Å². The van der Waals surface area contributed by atoms with Crippen LogP contribution in [0.15, 0.2) is 24.3 Å². The van der Waals surface area contributed by atoms with E-state index in [-0.39, 0.29) is 11.0 Å². The van der Waals surface area contributed by atoms with Crippen molar-refractivity contribution < 1.29 is 5.11 Å². The maximum atomic E-state index is 10.8. The van der Waals surface area contributed by atoms with Gasteiger partial charge in [0.1, 0.15) is 0 Å². The number of hydrogen-bond acceptors (Lipinski definition) is 2. The fourth-order valence-corrected chi connectivity index (χ4v) is 5.39. The molecular formula is C16H21NO. The van der Waals surface area contributed by atoms with Crippen molar-refractivity contribution in [2.75, 3.05) is 5.73 Å². The molecule has 1 aromatic carbocycles. The first kappa shape index (κ1) is 10.9. The van der Waals surface area contributed by atoms with E-state index in [2.05, 4.69) is 12.1 Å².